The molecule has 2 aliphatic rings. The summed E-state index contributed by atoms with van der Waals surface area (Å²) < 4.78 is 5.48. The van der Waals surface area contributed by atoms with Crippen molar-refractivity contribution >= 4 is 17.6 Å². The number of nitriles is 1. The SMILES string of the molecule is C/C(=C\c1ccccc1)C1C(C#N)=C(N)OC2=C1C(=O)c1ccccc1C2=O. The predicted octanol–water partition coefficient (Wildman–Crippen LogP) is 3.76. The molecule has 2 N–H and O–H groups in total. The van der Waals surface area contributed by atoms with Crippen LogP contribution in [0.15, 0.2) is 83.0 Å². The number of allylic oxidation sites excluding steroid dienone is 4. The van der Waals surface area contributed by atoms with Crippen molar-refractivity contribution in [3.63, 3.8) is 0 Å². The van der Waals surface area contributed by atoms with Crippen molar-refractivity contribution in [2.75, 3.05) is 0 Å². The first-order valence-electron chi connectivity index (χ1n) is 8.76. The van der Waals surface area contributed by atoms with Crippen LogP contribution in [0.3, 0.4) is 0 Å². The summed E-state index contributed by atoms with van der Waals surface area (Å²) in [6.07, 6.45) is 1.88. The van der Waals surface area contributed by atoms with E-state index in [1.54, 1.807) is 24.3 Å². The Morgan fingerprint density at radius 1 is 1.04 bits per heavy atom. The standard InChI is InChI=1S/C23H16N2O3/c1-13(11-14-7-3-2-4-8-14)18-17(12-24)23(25)28-22-19(18)20(26)15-9-5-6-10-16(15)21(22)27/h2-11,18H,25H2,1H3/b13-11+. The molecule has 2 aromatic rings. The number of ether oxygens (including phenoxy) is 1. The maximum Gasteiger partial charge on any atom is 0.229 e. The molecule has 4 rings (SSSR count). The number of hydrogen-bond acceptors (Lipinski definition) is 5. The third kappa shape index (κ3) is 2.63. The number of hydrogen-bond donors (Lipinski definition) is 1. The van der Waals surface area contributed by atoms with Gasteiger partial charge in [0.15, 0.2) is 11.5 Å². The van der Waals surface area contributed by atoms with Gasteiger partial charge in [-0.25, -0.2) is 0 Å². The van der Waals surface area contributed by atoms with E-state index in [0.717, 1.165) is 11.1 Å². The number of nitrogens with two attached hydrogens (primary N) is 1. The number of fused-ring (bicyclic) bond motifs is 1. The average Bonchev–Trinajstić information content (AvgIpc) is 2.71. The molecule has 5 nitrogen and oxygen atoms in total. The summed E-state index contributed by atoms with van der Waals surface area (Å²) >= 11 is 0. The number of benzene rings is 2. The highest BCUT2D eigenvalue weighted by Gasteiger charge is 2.43. The highest BCUT2D eigenvalue weighted by Crippen LogP contribution is 2.42. The van der Waals surface area contributed by atoms with Crippen LogP contribution in [0.4, 0.5) is 0 Å². The zero-order valence-corrected chi connectivity index (χ0v) is 15.1. The van der Waals surface area contributed by atoms with Gasteiger partial charge in [0.1, 0.15) is 11.6 Å². The Labute approximate surface area is 162 Å². The molecular formula is C23H16N2O3. The predicted molar refractivity (Wildman–Crippen MR) is 104 cm³/mol. The van der Waals surface area contributed by atoms with Gasteiger partial charge in [-0.15, -0.1) is 0 Å². The summed E-state index contributed by atoms with van der Waals surface area (Å²) in [6, 6.07) is 18.2. The zero-order chi connectivity index (χ0) is 19.8. The van der Waals surface area contributed by atoms with Crippen LogP contribution in [0.2, 0.25) is 0 Å². The molecule has 0 aromatic heterocycles. The number of carbonyl (C=O) groups excluding carboxylic acids is 2. The third-order valence-electron chi connectivity index (χ3n) is 4.94. The van der Waals surface area contributed by atoms with E-state index in [1.165, 1.54) is 0 Å². The van der Waals surface area contributed by atoms with E-state index < -0.39 is 11.7 Å². The minimum atomic E-state index is -0.737. The summed E-state index contributed by atoms with van der Waals surface area (Å²) in [7, 11) is 0. The maximum absolute atomic E-state index is 13.2. The van der Waals surface area contributed by atoms with Gasteiger partial charge in [-0.1, -0.05) is 66.2 Å². The second kappa shape index (κ2) is 6.67. The van der Waals surface area contributed by atoms with Crippen molar-refractivity contribution < 1.29 is 14.3 Å². The lowest BCUT2D eigenvalue weighted by atomic mass is 9.75. The largest absolute Gasteiger partial charge is 0.436 e. The van der Waals surface area contributed by atoms with E-state index in [4.69, 9.17) is 10.5 Å². The summed E-state index contributed by atoms with van der Waals surface area (Å²) in [5, 5.41) is 9.67. The minimum absolute atomic E-state index is 0.0917. The third-order valence-corrected chi connectivity index (χ3v) is 4.94. The van der Waals surface area contributed by atoms with Crippen LogP contribution >= 0.6 is 0 Å². The van der Waals surface area contributed by atoms with Crippen LogP contribution in [-0.4, -0.2) is 11.6 Å². The van der Waals surface area contributed by atoms with Gasteiger partial charge >= 0.3 is 0 Å². The van der Waals surface area contributed by atoms with Crippen LogP contribution in [0.1, 0.15) is 33.2 Å². The summed E-state index contributed by atoms with van der Waals surface area (Å²) in [4.78, 5) is 26.2. The first-order valence-corrected chi connectivity index (χ1v) is 8.76. The van der Waals surface area contributed by atoms with Crippen molar-refractivity contribution in [3.05, 3.63) is 99.6 Å². The van der Waals surface area contributed by atoms with Gasteiger partial charge in [0.2, 0.25) is 11.7 Å². The first kappa shape index (κ1) is 17.5. The van der Waals surface area contributed by atoms with Crippen LogP contribution in [0, 0.1) is 17.2 Å². The monoisotopic (exact) mass is 368 g/mol. The number of ketones is 2. The zero-order valence-electron chi connectivity index (χ0n) is 15.1. The van der Waals surface area contributed by atoms with Gasteiger partial charge in [-0.3, -0.25) is 9.59 Å². The molecule has 0 saturated heterocycles. The van der Waals surface area contributed by atoms with E-state index >= 15 is 0 Å². The average molecular weight is 368 g/mol. The smallest absolute Gasteiger partial charge is 0.229 e. The number of carbonyl (C=O) groups is 2. The molecule has 2 aromatic carbocycles. The lowest BCUT2D eigenvalue weighted by Gasteiger charge is -2.31. The van der Waals surface area contributed by atoms with Gasteiger partial charge in [0.05, 0.1) is 11.5 Å². The number of nitrogens with zero attached hydrogens (tertiary/aromatic N) is 1. The second-order valence-corrected chi connectivity index (χ2v) is 6.67. The van der Waals surface area contributed by atoms with E-state index in [2.05, 4.69) is 6.07 Å². The summed E-state index contributed by atoms with van der Waals surface area (Å²) in [5.41, 5.74) is 8.48. The Bertz CT molecular complexity index is 1150. The summed E-state index contributed by atoms with van der Waals surface area (Å²) in [6.45, 7) is 1.82. The summed E-state index contributed by atoms with van der Waals surface area (Å²) in [5.74, 6) is -1.70. The number of Topliss-reactive ketones (excluding diaryl/α,β-unsaturated/α-hetero) is 2. The molecule has 5 heteroatoms. The molecule has 1 heterocycles. The molecule has 0 spiro atoms. The Kier molecular flexibility index (Phi) is 4.17. The van der Waals surface area contributed by atoms with Crippen molar-refractivity contribution in [3.8, 4) is 6.07 Å². The van der Waals surface area contributed by atoms with Crippen LogP contribution in [0.25, 0.3) is 6.08 Å². The van der Waals surface area contributed by atoms with Crippen molar-refractivity contribution in [2.45, 2.75) is 6.92 Å². The van der Waals surface area contributed by atoms with Gasteiger partial charge in [-0.2, -0.15) is 5.26 Å². The lowest BCUT2D eigenvalue weighted by molar-refractivity contribution is 0.0894. The Balaban J connectivity index is 1.91. The molecule has 1 aliphatic carbocycles. The van der Waals surface area contributed by atoms with E-state index in [1.807, 2.05) is 43.3 Å². The topological polar surface area (TPSA) is 93.2 Å². The molecule has 28 heavy (non-hydrogen) atoms. The van der Waals surface area contributed by atoms with Crippen molar-refractivity contribution in [2.24, 2.45) is 11.7 Å². The molecule has 0 fully saturated rings. The number of rotatable bonds is 2. The van der Waals surface area contributed by atoms with Crippen LogP contribution in [-0.2, 0) is 4.74 Å². The molecule has 0 bridgehead atoms. The second-order valence-electron chi connectivity index (χ2n) is 6.67. The van der Waals surface area contributed by atoms with Gasteiger partial charge in [0, 0.05) is 11.1 Å². The fourth-order valence-corrected chi connectivity index (χ4v) is 3.66. The normalized spacial score (nSPS) is 19.0. The van der Waals surface area contributed by atoms with E-state index in [9.17, 15) is 14.9 Å². The lowest BCUT2D eigenvalue weighted by Crippen LogP contribution is -2.33. The highest BCUT2D eigenvalue weighted by atomic mass is 16.5. The quantitative estimate of drug-likeness (QED) is 0.871. The molecule has 0 radical (unpaired) electrons. The van der Waals surface area contributed by atoms with E-state index in [-0.39, 0.29) is 34.1 Å². The van der Waals surface area contributed by atoms with E-state index in [0.29, 0.717) is 5.56 Å². The Hall–Kier alpha value is -3.91. The molecule has 1 atom stereocenters. The molecule has 136 valence electrons. The Morgan fingerprint density at radius 3 is 2.29 bits per heavy atom. The van der Waals surface area contributed by atoms with Gasteiger partial charge < -0.3 is 10.5 Å². The first-order chi connectivity index (χ1) is 13.5. The maximum atomic E-state index is 13.2. The molecule has 1 unspecified atom stereocenters. The van der Waals surface area contributed by atoms with Crippen LogP contribution in [0.5, 0.6) is 0 Å². The molecular weight excluding hydrogens is 352 g/mol. The van der Waals surface area contributed by atoms with Gasteiger partial charge in [0.25, 0.3) is 0 Å². The Morgan fingerprint density at radius 2 is 1.64 bits per heavy atom. The fourth-order valence-electron chi connectivity index (χ4n) is 3.66. The fraction of sp³-hybridized carbons (Fsp3) is 0.0870. The highest BCUT2D eigenvalue weighted by molar-refractivity contribution is 6.27. The minimum Gasteiger partial charge on any atom is -0.436 e. The van der Waals surface area contributed by atoms with Crippen molar-refractivity contribution in [1.82, 2.24) is 0 Å². The molecule has 0 saturated carbocycles. The molecule has 0 amide bonds. The van der Waals surface area contributed by atoms with Gasteiger partial charge in [-0.05, 0) is 12.5 Å². The molecule has 1 aliphatic heterocycles. The van der Waals surface area contributed by atoms with Crippen molar-refractivity contribution in [1.29, 1.82) is 5.26 Å². The van der Waals surface area contributed by atoms with Crippen LogP contribution < -0.4 is 5.73 Å².